The number of fused-ring (bicyclic) bond motifs is 7. The van der Waals surface area contributed by atoms with Crippen LogP contribution in [0.3, 0.4) is 0 Å². The van der Waals surface area contributed by atoms with E-state index in [4.69, 9.17) is 11.6 Å². The molecule has 0 amide bonds. The highest BCUT2D eigenvalue weighted by atomic mass is 35.5. The first-order valence-corrected chi connectivity index (χ1v) is 7.29. The Labute approximate surface area is 125 Å². The molecule has 2 nitrogen and oxygen atoms in total. The van der Waals surface area contributed by atoms with E-state index < -0.39 is 0 Å². The van der Waals surface area contributed by atoms with Crippen LogP contribution in [0, 0.1) is 0 Å². The largest absolute Gasteiger partial charge is 0.354 e. The molecule has 2 N–H and O–H groups in total. The topological polar surface area (TPSA) is 31.6 Å². The number of para-hydroxylation sites is 1. The van der Waals surface area contributed by atoms with Crippen molar-refractivity contribution in [2.45, 2.75) is 0 Å². The van der Waals surface area contributed by atoms with E-state index in [2.05, 4.69) is 52.4 Å². The van der Waals surface area contributed by atoms with Gasteiger partial charge in [-0.05, 0) is 30.3 Å². The fourth-order valence-corrected chi connectivity index (χ4v) is 3.48. The molecular weight excluding hydrogens is 280 g/mol. The summed E-state index contributed by atoms with van der Waals surface area (Å²) < 4.78 is 0. The number of aromatic amines is 2. The number of aromatic nitrogens is 2. The third-order valence-corrected chi connectivity index (χ3v) is 4.43. The summed E-state index contributed by atoms with van der Waals surface area (Å²) in [5.41, 5.74) is 4.56. The molecule has 0 radical (unpaired) electrons. The van der Waals surface area contributed by atoms with Crippen molar-refractivity contribution in [3.63, 3.8) is 0 Å². The lowest BCUT2D eigenvalue weighted by Gasteiger charge is -1.96. The number of H-pyrrole nitrogens is 2. The number of rotatable bonds is 0. The quantitative estimate of drug-likeness (QED) is 0.371. The molecule has 0 saturated heterocycles. The minimum absolute atomic E-state index is 0.754. The summed E-state index contributed by atoms with van der Waals surface area (Å²) in [7, 11) is 0. The molecule has 0 aliphatic carbocycles. The van der Waals surface area contributed by atoms with Crippen molar-refractivity contribution in [2.24, 2.45) is 0 Å². The van der Waals surface area contributed by atoms with Crippen LogP contribution in [-0.2, 0) is 0 Å². The van der Waals surface area contributed by atoms with E-state index in [0.29, 0.717) is 0 Å². The Hall–Kier alpha value is -2.45. The van der Waals surface area contributed by atoms with Crippen LogP contribution in [0.25, 0.3) is 43.6 Å². The predicted molar refractivity (Wildman–Crippen MR) is 90.2 cm³/mol. The van der Waals surface area contributed by atoms with Crippen molar-refractivity contribution in [1.29, 1.82) is 0 Å². The maximum Gasteiger partial charge on any atom is 0.0480 e. The van der Waals surface area contributed by atoms with E-state index in [1.165, 1.54) is 32.6 Å². The maximum atomic E-state index is 6.11. The van der Waals surface area contributed by atoms with Gasteiger partial charge in [0.1, 0.15) is 0 Å². The van der Waals surface area contributed by atoms with E-state index >= 15 is 0 Å². The van der Waals surface area contributed by atoms with Gasteiger partial charge in [-0.25, -0.2) is 0 Å². The molecule has 0 aliphatic rings. The van der Waals surface area contributed by atoms with Crippen LogP contribution in [0.1, 0.15) is 0 Å². The Morgan fingerprint density at radius 2 is 1.29 bits per heavy atom. The minimum atomic E-state index is 0.754. The molecule has 0 spiro atoms. The molecule has 21 heavy (non-hydrogen) atoms. The van der Waals surface area contributed by atoms with Crippen molar-refractivity contribution in [2.75, 3.05) is 0 Å². The Kier molecular flexibility index (Phi) is 2.04. The summed E-state index contributed by atoms with van der Waals surface area (Å²) in [6.45, 7) is 0. The summed E-state index contributed by atoms with van der Waals surface area (Å²) in [5, 5.41) is 5.76. The van der Waals surface area contributed by atoms with Crippen LogP contribution in [0.15, 0.2) is 54.6 Å². The molecule has 2 heterocycles. The second-order valence-corrected chi connectivity index (χ2v) is 5.83. The molecule has 0 fully saturated rings. The maximum absolute atomic E-state index is 6.11. The Bertz CT molecular complexity index is 1150. The van der Waals surface area contributed by atoms with Crippen molar-refractivity contribution >= 4 is 55.2 Å². The molecule has 3 aromatic carbocycles. The normalized spacial score (nSPS) is 12.0. The zero-order valence-corrected chi connectivity index (χ0v) is 11.8. The van der Waals surface area contributed by atoms with E-state index in [1.54, 1.807) is 0 Å². The van der Waals surface area contributed by atoms with Crippen molar-refractivity contribution < 1.29 is 0 Å². The first-order valence-electron chi connectivity index (χ1n) is 6.92. The number of hydrogen-bond donors (Lipinski definition) is 2. The van der Waals surface area contributed by atoms with Crippen LogP contribution < -0.4 is 0 Å². The van der Waals surface area contributed by atoms with E-state index in [-0.39, 0.29) is 0 Å². The SMILES string of the molecule is Clc1ccc2c(c1)[nH]c1ccc3[nH]c4ccccc4c3c12. The van der Waals surface area contributed by atoms with Crippen LogP contribution in [0.2, 0.25) is 5.02 Å². The molecule has 0 atom stereocenters. The first-order chi connectivity index (χ1) is 10.3. The summed E-state index contributed by atoms with van der Waals surface area (Å²) in [5.74, 6) is 0. The van der Waals surface area contributed by atoms with Crippen molar-refractivity contribution in [3.05, 3.63) is 59.6 Å². The summed E-state index contributed by atoms with van der Waals surface area (Å²) in [6.07, 6.45) is 0. The fourth-order valence-electron chi connectivity index (χ4n) is 3.31. The number of benzene rings is 3. The van der Waals surface area contributed by atoms with Gasteiger partial charge in [-0.1, -0.05) is 35.9 Å². The fraction of sp³-hybridized carbons (Fsp3) is 0. The minimum Gasteiger partial charge on any atom is -0.354 e. The summed E-state index contributed by atoms with van der Waals surface area (Å²) in [4.78, 5) is 6.96. The molecule has 0 saturated carbocycles. The number of halogens is 1. The number of hydrogen-bond acceptors (Lipinski definition) is 0. The molecule has 100 valence electrons. The first kappa shape index (κ1) is 11.2. The van der Waals surface area contributed by atoms with Gasteiger partial charge < -0.3 is 9.97 Å². The summed E-state index contributed by atoms with van der Waals surface area (Å²) >= 11 is 6.11. The van der Waals surface area contributed by atoms with Crippen molar-refractivity contribution in [3.8, 4) is 0 Å². The second-order valence-electron chi connectivity index (χ2n) is 5.40. The monoisotopic (exact) mass is 290 g/mol. The van der Waals surface area contributed by atoms with Gasteiger partial charge in [-0.3, -0.25) is 0 Å². The lowest BCUT2D eigenvalue weighted by Crippen LogP contribution is -1.71. The highest BCUT2D eigenvalue weighted by Gasteiger charge is 2.12. The molecule has 0 aliphatic heterocycles. The molecule has 5 rings (SSSR count). The average molecular weight is 291 g/mol. The Balaban J connectivity index is 2.14. The second kappa shape index (κ2) is 3.80. The molecule has 3 heteroatoms. The molecule has 2 aromatic heterocycles. The third-order valence-electron chi connectivity index (χ3n) is 4.19. The van der Waals surface area contributed by atoms with Crippen LogP contribution in [-0.4, -0.2) is 9.97 Å². The zero-order chi connectivity index (χ0) is 14.0. The van der Waals surface area contributed by atoms with Gasteiger partial charge in [-0.15, -0.1) is 0 Å². The molecule has 5 aromatic rings. The van der Waals surface area contributed by atoms with Gasteiger partial charge in [0, 0.05) is 48.6 Å². The van der Waals surface area contributed by atoms with Crippen molar-refractivity contribution in [1.82, 2.24) is 9.97 Å². The smallest absolute Gasteiger partial charge is 0.0480 e. The van der Waals surface area contributed by atoms with Gasteiger partial charge in [0.2, 0.25) is 0 Å². The lowest BCUT2D eigenvalue weighted by molar-refractivity contribution is 1.53. The highest BCUT2D eigenvalue weighted by molar-refractivity contribution is 6.32. The highest BCUT2D eigenvalue weighted by Crippen LogP contribution is 2.37. The van der Waals surface area contributed by atoms with Gasteiger partial charge in [0.25, 0.3) is 0 Å². The van der Waals surface area contributed by atoms with E-state index in [9.17, 15) is 0 Å². The van der Waals surface area contributed by atoms with E-state index in [1.807, 2.05) is 12.1 Å². The lowest BCUT2D eigenvalue weighted by atomic mass is 10.1. The van der Waals surface area contributed by atoms with Crippen LogP contribution in [0.4, 0.5) is 0 Å². The van der Waals surface area contributed by atoms with Gasteiger partial charge >= 0.3 is 0 Å². The van der Waals surface area contributed by atoms with Gasteiger partial charge in [-0.2, -0.15) is 0 Å². The molecule has 0 unspecified atom stereocenters. The van der Waals surface area contributed by atoms with Gasteiger partial charge in [0.15, 0.2) is 0 Å². The van der Waals surface area contributed by atoms with Crippen LogP contribution in [0.5, 0.6) is 0 Å². The number of nitrogens with one attached hydrogen (secondary N) is 2. The standard InChI is InChI=1S/C18H11ClN2/c19-10-5-6-12-16(9-10)21-15-8-7-14-17(18(12)15)11-3-1-2-4-13(11)20-14/h1-9,20-21H. The Morgan fingerprint density at radius 3 is 2.10 bits per heavy atom. The van der Waals surface area contributed by atoms with Gasteiger partial charge in [0.05, 0.1) is 0 Å². The van der Waals surface area contributed by atoms with Crippen LogP contribution >= 0.6 is 11.6 Å². The average Bonchev–Trinajstić information content (AvgIpc) is 3.03. The Morgan fingerprint density at radius 1 is 0.619 bits per heavy atom. The summed E-state index contributed by atoms with van der Waals surface area (Å²) in [6, 6.07) is 18.7. The third kappa shape index (κ3) is 1.43. The molecular formula is C18H11ClN2. The predicted octanol–water partition coefficient (Wildman–Crippen LogP) is 5.61. The zero-order valence-electron chi connectivity index (χ0n) is 11.1. The molecule has 0 bridgehead atoms. The van der Waals surface area contributed by atoms with E-state index in [0.717, 1.165) is 16.1 Å².